The highest BCUT2D eigenvalue weighted by Crippen LogP contribution is 2.64. The monoisotopic (exact) mass is 677 g/mol. The molecule has 1 saturated heterocycles. The summed E-state index contributed by atoms with van der Waals surface area (Å²) in [5.74, 6) is -4.61. The Balaban J connectivity index is 1.35. The lowest BCUT2D eigenvalue weighted by Gasteiger charge is -2.55. The fourth-order valence-corrected chi connectivity index (χ4v) is 9.26. The Kier molecular flexibility index (Phi) is 7.71. The molecule has 0 unspecified atom stereocenters. The van der Waals surface area contributed by atoms with E-state index >= 15 is 9.59 Å². The molecule has 0 radical (unpaired) electrons. The number of amides is 2. The van der Waals surface area contributed by atoms with E-state index in [1.807, 2.05) is 66.7 Å². The molecule has 8 nitrogen and oxygen atoms in total. The lowest BCUT2D eigenvalue weighted by Crippen LogP contribution is -2.58. The molecule has 0 bridgehead atoms. The topological polar surface area (TPSA) is 118 Å². The van der Waals surface area contributed by atoms with Gasteiger partial charge in [-0.2, -0.15) is 0 Å². The van der Waals surface area contributed by atoms with Crippen LogP contribution in [-0.4, -0.2) is 41.4 Å². The zero-order valence-electron chi connectivity index (χ0n) is 28.1. The third-order valence-electron chi connectivity index (χ3n) is 11.4. The number of rotatable bonds is 6. The molecule has 1 aliphatic heterocycles. The van der Waals surface area contributed by atoms with Crippen molar-refractivity contribution in [3.05, 3.63) is 143 Å². The predicted octanol–water partition coefficient (Wildman–Crippen LogP) is 6.63. The summed E-state index contributed by atoms with van der Waals surface area (Å²) >= 11 is 0. The minimum atomic E-state index is -1.41. The minimum Gasteiger partial charge on any atom is -0.508 e. The Bertz CT molecular complexity index is 2190. The van der Waals surface area contributed by atoms with Crippen LogP contribution in [0.15, 0.2) is 121 Å². The Labute approximate surface area is 295 Å². The van der Waals surface area contributed by atoms with E-state index in [0.29, 0.717) is 39.3 Å². The van der Waals surface area contributed by atoms with E-state index in [2.05, 4.69) is 0 Å². The maximum Gasteiger partial charge on any atom is 0.238 e. The van der Waals surface area contributed by atoms with Gasteiger partial charge in [0.2, 0.25) is 11.8 Å². The number of Topliss-reactive ketones (excluding diaryl/α,β-unsaturated/α-hetero) is 2. The number of aromatic hydroxyl groups is 1. The number of phenolic OH excluding ortho intramolecular Hbond substituents is 1. The van der Waals surface area contributed by atoms with Crippen molar-refractivity contribution in [1.82, 2.24) is 0 Å². The van der Waals surface area contributed by atoms with Gasteiger partial charge in [0.25, 0.3) is 0 Å². The highest BCUT2D eigenvalue weighted by atomic mass is 16.5. The van der Waals surface area contributed by atoms with Crippen molar-refractivity contribution in [3.8, 4) is 11.5 Å². The third-order valence-corrected chi connectivity index (χ3v) is 11.4. The number of fused-ring (bicyclic) bond motifs is 4. The van der Waals surface area contributed by atoms with Gasteiger partial charge in [-0.25, -0.2) is 0 Å². The number of ether oxygens (including phenoxy) is 1. The number of imide groups is 1. The number of carbonyl (C=O) groups is 5. The first kappa shape index (κ1) is 32.3. The molecule has 0 spiro atoms. The molecular weight excluding hydrogens is 642 g/mol. The summed E-state index contributed by atoms with van der Waals surface area (Å²) in [5, 5.41) is 10.5. The van der Waals surface area contributed by atoms with E-state index in [-0.39, 0.29) is 47.8 Å². The molecule has 1 N–H and O–H groups in total. The fraction of sp³-hybridized carbons (Fsp3) is 0.233. The summed E-state index contributed by atoms with van der Waals surface area (Å²) < 4.78 is 5.85. The number of methoxy groups -OCH3 is 1. The van der Waals surface area contributed by atoms with Crippen molar-refractivity contribution in [2.45, 2.75) is 31.1 Å². The molecule has 4 aliphatic rings. The zero-order valence-corrected chi connectivity index (χ0v) is 28.1. The number of allylic oxidation sites excluding steroid dienone is 4. The van der Waals surface area contributed by atoms with Crippen LogP contribution < -0.4 is 9.64 Å². The number of benzene rings is 4. The minimum absolute atomic E-state index is 0.0220. The summed E-state index contributed by atoms with van der Waals surface area (Å²) in [5.41, 5.74) is 2.45. The molecular formula is C43H35NO7. The second kappa shape index (κ2) is 12.2. The van der Waals surface area contributed by atoms with Gasteiger partial charge in [-0.15, -0.1) is 0 Å². The normalized spacial score (nSPS) is 26.9. The summed E-state index contributed by atoms with van der Waals surface area (Å²) in [4.78, 5) is 72.0. The fourth-order valence-electron chi connectivity index (χ4n) is 9.26. The molecule has 2 fully saturated rings. The maximum atomic E-state index is 15.2. The van der Waals surface area contributed by atoms with Gasteiger partial charge in [0, 0.05) is 34.6 Å². The van der Waals surface area contributed by atoms with Crippen LogP contribution in [0.1, 0.15) is 52.7 Å². The van der Waals surface area contributed by atoms with Gasteiger partial charge in [-0.05, 0) is 73.2 Å². The van der Waals surface area contributed by atoms with E-state index in [0.717, 1.165) is 5.57 Å². The third kappa shape index (κ3) is 4.77. The first-order valence-electron chi connectivity index (χ1n) is 17.1. The standard InChI is InChI=1S/C43H35NO7/c1-24(45)25-13-15-28(16-14-25)44-41(49)32-20-19-30-34(38(32)42(44)50)22-35-40(48)33(26-9-5-3-6-10-26)23-37(47)43(35,27-11-7-4-8-12-27)39(30)31-18-17-29(46)21-36(31)51-2/h3-19,21,23,32,34-35,38-39,46H,20,22H2,1-2H3/t32-,34+,35-,38-,39+,43-/m0/s1. The number of carbonyl (C=O) groups excluding carboxylic acids is 5. The van der Waals surface area contributed by atoms with Crippen LogP contribution in [0.4, 0.5) is 5.69 Å². The number of phenols is 1. The van der Waals surface area contributed by atoms with Gasteiger partial charge < -0.3 is 9.84 Å². The molecule has 6 atom stereocenters. The van der Waals surface area contributed by atoms with Gasteiger partial charge in [0.15, 0.2) is 17.3 Å². The Morgan fingerprint density at radius 2 is 1.53 bits per heavy atom. The van der Waals surface area contributed by atoms with Crippen molar-refractivity contribution in [2.24, 2.45) is 23.7 Å². The molecule has 3 aliphatic carbocycles. The molecule has 8 rings (SSSR count). The summed E-state index contributed by atoms with van der Waals surface area (Å²) in [7, 11) is 1.49. The first-order chi connectivity index (χ1) is 24.7. The summed E-state index contributed by atoms with van der Waals surface area (Å²) in [6.45, 7) is 1.46. The molecule has 51 heavy (non-hydrogen) atoms. The van der Waals surface area contributed by atoms with Crippen molar-refractivity contribution in [3.63, 3.8) is 0 Å². The van der Waals surface area contributed by atoms with Gasteiger partial charge in [0.1, 0.15) is 11.5 Å². The largest absolute Gasteiger partial charge is 0.508 e. The first-order valence-corrected chi connectivity index (χ1v) is 17.1. The lowest BCUT2D eigenvalue weighted by atomic mass is 9.44. The molecule has 1 heterocycles. The maximum absolute atomic E-state index is 15.2. The van der Waals surface area contributed by atoms with Crippen LogP contribution in [0.3, 0.4) is 0 Å². The predicted molar refractivity (Wildman–Crippen MR) is 190 cm³/mol. The smallest absolute Gasteiger partial charge is 0.238 e. The van der Waals surface area contributed by atoms with Crippen molar-refractivity contribution < 1.29 is 33.8 Å². The van der Waals surface area contributed by atoms with Crippen LogP contribution in [0, 0.1) is 23.7 Å². The van der Waals surface area contributed by atoms with Crippen molar-refractivity contribution >= 4 is 40.4 Å². The molecule has 2 amide bonds. The van der Waals surface area contributed by atoms with Gasteiger partial charge in [-0.3, -0.25) is 28.9 Å². The lowest BCUT2D eigenvalue weighted by molar-refractivity contribution is -0.135. The molecule has 8 heteroatoms. The van der Waals surface area contributed by atoms with E-state index in [1.54, 1.807) is 36.4 Å². The number of hydrogen-bond donors (Lipinski definition) is 1. The quantitative estimate of drug-likeness (QED) is 0.138. The van der Waals surface area contributed by atoms with Crippen LogP contribution in [0.2, 0.25) is 0 Å². The van der Waals surface area contributed by atoms with Crippen LogP contribution >= 0.6 is 0 Å². The molecule has 0 aromatic heterocycles. The molecule has 254 valence electrons. The highest BCUT2D eigenvalue weighted by molar-refractivity contribution is 6.32. The average Bonchev–Trinajstić information content (AvgIpc) is 3.41. The Morgan fingerprint density at radius 3 is 2.20 bits per heavy atom. The van der Waals surface area contributed by atoms with Crippen molar-refractivity contribution in [1.29, 1.82) is 0 Å². The van der Waals surface area contributed by atoms with Crippen LogP contribution in [-0.2, 0) is 24.6 Å². The Hall–Kier alpha value is -5.89. The van der Waals surface area contributed by atoms with Crippen molar-refractivity contribution in [2.75, 3.05) is 12.0 Å². The van der Waals surface area contributed by atoms with Crippen LogP contribution in [0.5, 0.6) is 11.5 Å². The molecule has 4 aromatic rings. The Morgan fingerprint density at radius 1 is 0.843 bits per heavy atom. The average molecular weight is 678 g/mol. The number of hydrogen-bond acceptors (Lipinski definition) is 7. The summed E-state index contributed by atoms with van der Waals surface area (Å²) in [6, 6.07) is 29.7. The second-order valence-electron chi connectivity index (χ2n) is 13.8. The van der Waals surface area contributed by atoms with E-state index in [1.165, 1.54) is 31.1 Å². The number of anilines is 1. The van der Waals surface area contributed by atoms with Gasteiger partial charge >= 0.3 is 0 Å². The highest BCUT2D eigenvalue weighted by Gasteiger charge is 2.66. The number of nitrogens with zero attached hydrogens (tertiary/aromatic N) is 1. The van der Waals surface area contributed by atoms with Gasteiger partial charge in [-0.1, -0.05) is 78.4 Å². The summed E-state index contributed by atoms with van der Waals surface area (Å²) in [6.07, 6.45) is 3.90. The number of ketones is 3. The molecule has 1 saturated carbocycles. The zero-order chi connectivity index (χ0) is 35.6. The van der Waals surface area contributed by atoms with E-state index < -0.39 is 35.0 Å². The van der Waals surface area contributed by atoms with Crippen LogP contribution in [0.25, 0.3) is 5.57 Å². The second-order valence-corrected chi connectivity index (χ2v) is 13.8. The SMILES string of the molecule is COc1cc(O)ccc1[C@H]1C2=CC[C@@H]3C(=O)N(c4ccc(C(C)=O)cc4)C(=O)[C@@H]3[C@@H]2C[C@H]2C(=O)C(c3ccccc3)=CC(=O)[C@@]12c1ccccc1. The van der Waals surface area contributed by atoms with E-state index in [9.17, 15) is 19.5 Å². The van der Waals surface area contributed by atoms with Gasteiger partial charge in [0.05, 0.1) is 30.0 Å². The van der Waals surface area contributed by atoms with E-state index in [4.69, 9.17) is 4.74 Å². The molecule has 4 aromatic carbocycles.